The molecular formula is C36H22N2S. The summed E-state index contributed by atoms with van der Waals surface area (Å²) in [6, 6.07) is 43.7. The molecule has 0 atom stereocenters. The molecule has 0 spiro atoms. The molecule has 0 radical (unpaired) electrons. The number of H-pyrrole nitrogens is 2. The van der Waals surface area contributed by atoms with Gasteiger partial charge in [0, 0.05) is 63.9 Å². The van der Waals surface area contributed by atoms with E-state index in [4.69, 9.17) is 0 Å². The van der Waals surface area contributed by atoms with Crippen LogP contribution in [0.2, 0.25) is 0 Å². The molecule has 0 aliphatic carbocycles. The van der Waals surface area contributed by atoms with Crippen LogP contribution in [0.15, 0.2) is 121 Å². The molecule has 0 aliphatic heterocycles. The first kappa shape index (κ1) is 21.1. The van der Waals surface area contributed by atoms with Crippen LogP contribution in [-0.2, 0) is 0 Å². The van der Waals surface area contributed by atoms with Crippen LogP contribution in [0.1, 0.15) is 0 Å². The van der Waals surface area contributed by atoms with Gasteiger partial charge in [-0.3, -0.25) is 0 Å². The van der Waals surface area contributed by atoms with Gasteiger partial charge in [0.2, 0.25) is 0 Å². The molecule has 0 fully saturated rings. The van der Waals surface area contributed by atoms with Crippen molar-refractivity contribution in [1.82, 2.24) is 9.97 Å². The Morgan fingerprint density at radius 3 is 1.21 bits per heavy atom. The lowest BCUT2D eigenvalue weighted by molar-refractivity contribution is 1.46. The highest BCUT2D eigenvalue weighted by atomic mass is 32.1. The van der Waals surface area contributed by atoms with Crippen LogP contribution >= 0.6 is 11.3 Å². The molecule has 182 valence electrons. The lowest BCUT2D eigenvalue weighted by atomic mass is 9.97. The molecule has 2 N–H and O–H groups in total. The second-order valence-electron chi connectivity index (χ2n) is 10.3. The lowest BCUT2D eigenvalue weighted by Gasteiger charge is -2.05. The van der Waals surface area contributed by atoms with Gasteiger partial charge in [-0.1, -0.05) is 109 Å². The Labute approximate surface area is 228 Å². The van der Waals surface area contributed by atoms with Crippen molar-refractivity contribution in [3.05, 3.63) is 121 Å². The third kappa shape index (κ3) is 2.91. The first-order valence-electron chi connectivity index (χ1n) is 13.3. The Bertz CT molecular complexity index is 2200. The Kier molecular flexibility index (Phi) is 4.24. The van der Waals surface area contributed by atoms with Crippen LogP contribution in [-0.4, -0.2) is 9.97 Å². The maximum atomic E-state index is 3.81. The maximum Gasteiger partial charge on any atom is 0.0545 e. The fourth-order valence-electron chi connectivity index (χ4n) is 6.40. The highest BCUT2D eigenvalue weighted by Crippen LogP contribution is 2.50. The molecule has 0 unspecified atom stereocenters. The van der Waals surface area contributed by atoms with Gasteiger partial charge in [0.25, 0.3) is 0 Å². The number of rotatable bonds is 2. The summed E-state index contributed by atoms with van der Waals surface area (Å²) in [4.78, 5) is 7.63. The van der Waals surface area contributed by atoms with Crippen LogP contribution in [0, 0.1) is 0 Å². The number of benzene rings is 6. The molecule has 0 aliphatic rings. The SMILES string of the molecule is c1ccc(-c2cc3c([nH]2)c2ccccc2c2sc4c5ccccc5c5[nH]c(-c6ccccc6)cc5c4c32)cc1. The molecule has 3 heteroatoms. The molecule has 3 heterocycles. The van der Waals surface area contributed by atoms with Crippen LogP contribution in [0.4, 0.5) is 0 Å². The Hall–Kier alpha value is -4.86. The zero-order chi connectivity index (χ0) is 25.5. The number of nitrogens with one attached hydrogen (secondary N) is 2. The van der Waals surface area contributed by atoms with Crippen molar-refractivity contribution in [1.29, 1.82) is 0 Å². The number of aromatic amines is 2. The Morgan fingerprint density at radius 2 is 0.769 bits per heavy atom. The van der Waals surface area contributed by atoms with Crippen LogP contribution in [0.3, 0.4) is 0 Å². The second kappa shape index (κ2) is 7.83. The first-order chi connectivity index (χ1) is 19.3. The average Bonchev–Trinajstić information content (AvgIpc) is 3.74. The van der Waals surface area contributed by atoms with E-state index >= 15 is 0 Å². The molecule has 2 nitrogen and oxygen atoms in total. The molecule has 3 aromatic heterocycles. The third-order valence-corrected chi connectivity index (χ3v) is 9.39. The minimum Gasteiger partial charge on any atom is -0.354 e. The second-order valence-corrected chi connectivity index (χ2v) is 11.3. The molecule has 6 aromatic carbocycles. The van der Waals surface area contributed by atoms with Crippen molar-refractivity contribution < 1.29 is 0 Å². The van der Waals surface area contributed by atoms with Gasteiger partial charge in [-0.05, 0) is 23.3 Å². The lowest BCUT2D eigenvalue weighted by Crippen LogP contribution is -1.80. The van der Waals surface area contributed by atoms with Crippen LogP contribution in [0.25, 0.3) is 86.0 Å². The third-order valence-electron chi connectivity index (χ3n) is 8.13. The summed E-state index contributed by atoms with van der Waals surface area (Å²) < 4.78 is 2.71. The van der Waals surface area contributed by atoms with Crippen molar-refractivity contribution in [3.8, 4) is 22.5 Å². The van der Waals surface area contributed by atoms with Crippen molar-refractivity contribution in [2.45, 2.75) is 0 Å². The zero-order valence-electron chi connectivity index (χ0n) is 21.0. The van der Waals surface area contributed by atoms with E-state index < -0.39 is 0 Å². The average molecular weight is 515 g/mol. The van der Waals surface area contributed by atoms with E-state index in [0.29, 0.717) is 0 Å². The normalized spacial score (nSPS) is 12.1. The Balaban J connectivity index is 1.53. The summed E-state index contributed by atoms with van der Waals surface area (Å²) in [5.41, 5.74) is 7.12. The standard InChI is InChI=1S/C36H22N2S/c1-3-11-21(12-4-1)29-19-27-31-32-28-20-30(22-13-5-2-6-14-22)38-34(28)24-16-8-10-18-26(24)36(32)39-35(31)25-17-9-7-15-23(25)33(27)37-29/h1-20,37-38H. The van der Waals surface area contributed by atoms with E-state index in [1.807, 2.05) is 11.3 Å². The minimum absolute atomic E-state index is 1.15. The largest absolute Gasteiger partial charge is 0.354 e. The van der Waals surface area contributed by atoms with E-state index in [0.717, 1.165) is 11.4 Å². The molecule has 9 rings (SSSR count). The molecule has 0 saturated carbocycles. The predicted molar refractivity (Wildman–Crippen MR) is 169 cm³/mol. The van der Waals surface area contributed by atoms with Gasteiger partial charge in [-0.25, -0.2) is 0 Å². The van der Waals surface area contributed by atoms with Crippen LogP contribution in [0.5, 0.6) is 0 Å². The molecule has 0 saturated heterocycles. The number of fused-ring (bicyclic) bond motifs is 13. The Morgan fingerprint density at radius 1 is 0.385 bits per heavy atom. The summed E-state index contributed by atoms with van der Waals surface area (Å²) in [6.07, 6.45) is 0. The van der Waals surface area contributed by atoms with Gasteiger partial charge in [0.1, 0.15) is 0 Å². The zero-order valence-corrected chi connectivity index (χ0v) is 21.8. The fraction of sp³-hybridized carbons (Fsp3) is 0. The highest BCUT2D eigenvalue weighted by molar-refractivity contribution is 7.28. The molecule has 9 aromatic rings. The molecular weight excluding hydrogens is 492 g/mol. The van der Waals surface area contributed by atoms with Crippen LogP contribution < -0.4 is 0 Å². The molecule has 0 amide bonds. The van der Waals surface area contributed by atoms with Crippen molar-refractivity contribution in [2.24, 2.45) is 0 Å². The fourth-order valence-corrected chi connectivity index (χ4v) is 7.81. The minimum atomic E-state index is 1.15. The summed E-state index contributed by atoms with van der Waals surface area (Å²) >= 11 is 1.93. The number of hydrogen-bond acceptors (Lipinski definition) is 1. The maximum absolute atomic E-state index is 3.81. The monoisotopic (exact) mass is 514 g/mol. The quantitative estimate of drug-likeness (QED) is 0.230. The first-order valence-corrected chi connectivity index (χ1v) is 14.1. The van der Waals surface area contributed by atoms with Crippen molar-refractivity contribution >= 4 is 74.9 Å². The highest BCUT2D eigenvalue weighted by Gasteiger charge is 2.21. The van der Waals surface area contributed by atoms with Crippen molar-refractivity contribution in [3.63, 3.8) is 0 Å². The number of aromatic nitrogens is 2. The predicted octanol–water partition coefficient (Wildman–Crippen LogP) is 10.7. The smallest absolute Gasteiger partial charge is 0.0545 e. The summed E-state index contributed by atoms with van der Waals surface area (Å²) in [6.45, 7) is 0. The van der Waals surface area contributed by atoms with E-state index in [2.05, 4.69) is 131 Å². The van der Waals surface area contributed by atoms with Crippen molar-refractivity contribution in [2.75, 3.05) is 0 Å². The molecule has 0 bridgehead atoms. The summed E-state index contributed by atoms with van der Waals surface area (Å²) in [7, 11) is 0. The van der Waals surface area contributed by atoms with E-state index in [1.165, 1.54) is 74.6 Å². The number of hydrogen-bond donors (Lipinski definition) is 2. The van der Waals surface area contributed by atoms with E-state index in [9.17, 15) is 0 Å². The van der Waals surface area contributed by atoms with Gasteiger partial charge in [0.05, 0.1) is 11.0 Å². The van der Waals surface area contributed by atoms with Gasteiger partial charge < -0.3 is 9.97 Å². The molecule has 39 heavy (non-hydrogen) atoms. The van der Waals surface area contributed by atoms with E-state index in [1.54, 1.807) is 0 Å². The van der Waals surface area contributed by atoms with Gasteiger partial charge >= 0.3 is 0 Å². The van der Waals surface area contributed by atoms with Gasteiger partial charge in [-0.2, -0.15) is 0 Å². The van der Waals surface area contributed by atoms with E-state index in [-0.39, 0.29) is 0 Å². The number of thiophene rings is 1. The topological polar surface area (TPSA) is 31.6 Å². The summed E-state index contributed by atoms with van der Waals surface area (Å²) in [5, 5.41) is 10.4. The van der Waals surface area contributed by atoms with Gasteiger partial charge in [-0.15, -0.1) is 11.3 Å². The summed E-state index contributed by atoms with van der Waals surface area (Å²) in [5.74, 6) is 0. The van der Waals surface area contributed by atoms with Gasteiger partial charge in [0.15, 0.2) is 0 Å².